The molecular weight excluding hydrogens is 250 g/mol. The van der Waals surface area contributed by atoms with Gasteiger partial charge in [-0.15, -0.1) is 4.98 Å². The van der Waals surface area contributed by atoms with Gasteiger partial charge in [-0.25, -0.2) is 4.79 Å². The molecule has 6 heteroatoms. The minimum absolute atomic E-state index is 0.395. The minimum atomic E-state index is -0.431. The molecule has 0 aliphatic carbocycles. The van der Waals surface area contributed by atoms with E-state index in [-0.39, 0.29) is 0 Å². The average molecular weight is 259 g/mol. The normalized spacial score (nSPS) is 10.4. The van der Waals surface area contributed by atoms with Crippen molar-refractivity contribution >= 4 is 34.1 Å². The fourth-order valence-electron chi connectivity index (χ4n) is 0.869. The first-order valence-corrected chi connectivity index (χ1v) is 4.52. The number of ether oxygens (including phenoxy) is 1. The molecule has 1 rings (SSSR count). The zero-order valence-corrected chi connectivity index (χ0v) is 9.04. The third-order valence-electron chi connectivity index (χ3n) is 1.49. The molecule has 0 bridgehead atoms. The molecule has 0 radical (unpaired) electrons. The van der Waals surface area contributed by atoms with Crippen LogP contribution in [-0.2, 0) is 4.74 Å². The molecule has 1 heterocycles. The quantitative estimate of drug-likeness (QED) is 0.419. The Morgan fingerprint density at radius 3 is 3.07 bits per heavy atom. The van der Waals surface area contributed by atoms with Crippen LogP contribution in [0.1, 0.15) is 10.4 Å². The number of carbonyl (C=O) groups excluding carboxylic acids is 1. The second-order valence-corrected chi connectivity index (χ2v) is 3.21. The highest BCUT2D eigenvalue weighted by molar-refractivity contribution is 9.10. The maximum Gasteiger partial charge on any atom is 0.339 e. The van der Waals surface area contributed by atoms with Gasteiger partial charge in [0.1, 0.15) is 6.20 Å². The number of methoxy groups -OCH3 is 1. The molecule has 74 valence electrons. The lowest BCUT2D eigenvalue weighted by molar-refractivity contribution is -0.353. The Morgan fingerprint density at radius 1 is 1.79 bits per heavy atom. The smallest absolute Gasteiger partial charge is 0.339 e. The molecule has 0 saturated carbocycles. The fourth-order valence-corrected chi connectivity index (χ4v) is 1.25. The molecule has 0 aromatic carbocycles. The summed E-state index contributed by atoms with van der Waals surface area (Å²) >= 11 is 3.19. The van der Waals surface area contributed by atoms with E-state index in [2.05, 4.69) is 30.6 Å². The molecule has 0 fully saturated rings. The molecule has 1 aromatic rings. The van der Waals surface area contributed by atoms with Gasteiger partial charge in [-0.05, 0) is 15.9 Å². The highest BCUT2D eigenvalue weighted by atomic mass is 79.9. The molecule has 0 saturated heterocycles. The van der Waals surface area contributed by atoms with E-state index in [1.165, 1.54) is 19.6 Å². The largest absolute Gasteiger partial charge is 0.465 e. The van der Waals surface area contributed by atoms with Gasteiger partial charge in [0.25, 0.3) is 5.82 Å². The highest BCUT2D eigenvalue weighted by Gasteiger charge is 2.13. The summed E-state index contributed by atoms with van der Waals surface area (Å²) in [7, 11) is 1.32. The molecule has 0 atom stereocenters. The summed E-state index contributed by atoms with van der Waals surface area (Å²) in [5.41, 5.74) is 5.55. The van der Waals surface area contributed by atoms with E-state index in [0.29, 0.717) is 15.9 Å². The van der Waals surface area contributed by atoms with Crippen LogP contribution in [0.3, 0.4) is 0 Å². The van der Waals surface area contributed by atoms with E-state index in [1.807, 2.05) is 0 Å². The predicted molar refractivity (Wildman–Crippen MR) is 54.2 cm³/mol. The number of hydrogen-bond acceptors (Lipinski definition) is 3. The first kappa shape index (κ1) is 10.6. The highest BCUT2D eigenvalue weighted by Crippen LogP contribution is 2.17. The van der Waals surface area contributed by atoms with E-state index in [0.717, 1.165) is 0 Å². The number of pyridine rings is 1. The third kappa shape index (κ3) is 2.29. The van der Waals surface area contributed by atoms with Crippen LogP contribution in [0.25, 0.3) is 0 Å². The van der Waals surface area contributed by atoms with Gasteiger partial charge in [-0.1, -0.05) is 0 Å². The van der Waals surface area contributed by atoms with Crippen LogP contribution in [0.2, 0.25) is 0 Å². The molecule has 5 nitrogen and oxygen atoms in total. The molecule has 0 aliphatic heterocycles. The summed E-state index contributed by atoms with van der Waals surface area (Å²) in [6.07, 6.45) is 2.73. The van der Waals surface area contributed by atoms with Crippen LogP contribution in [0, 0.1) is 0 Å². The lowest BCUT2D eigenvalue weighted by Gasteiger charge is -1.99. The van der Waals surface area contributed by atoms with Crippen LogP contribution in [-0.4, -0.2) is 24.4 Å². The number of rotatable bonds is 2. The number of halogens is 1. The average Bonchev–Trinajstić information content (AvgIpc) is 2.20. The van der Waals surface area contributed by atoms with Crippen molar-refractivity contribution in [2.45, 2.75) is 0 Å². The number of hydrogen-bond donors (Lipinski definition) is 2. The van der Waals surface area contributed by atoms with Crippen molar-refractivity contribution in [3.05, 3.63) is 22.3 Å². The van der Waals surface area contributed by atoms with Gasteiger partial charge < -0.3 is 10.5 Å². The molecule has 0 spiro atoms. The first-order valence-electron chi connectivity index (χ1n) is 3.73. The van der Waals surface area contributed by atoms with E-state index < -0.39 is 5.97 Å². The van der Waals surface area contributed by atoms with Crippen LogP contribution >= 0.6 is 15.9 Å². The van der Waals surface area contributed by atoms with E-state index in [9.17, 15) is 4.79 Å². The Labute approximate surface area is 89.1 Å². The molecule has 14 heavy (non-hydrogen) atoms. The lowest BCUT2D eigenvalue weighted by Crippen LogP contribution is -2.64. The first-order chi connectivity index (χ1) is 6.69. The summed E-state index contributed by atoms with van der Waals surface area (Å²) in [4.78, 5) is 17.9. The maximum absolute atomic E-state index is 11.2. The van der Waals surface area contributed by atoms with Gasteiger partial charge >= 0.3 is 5.97 Å². The van der Waals surface area contributed by atoms with Crippen LogP contribution < -0.4 is 10.7 Å². The minimum Gasteiger partial charge on any atom is -0.465 e. The van der Waals surface area contributed by atoms with Crippen LogP contribution in [0.15, 0.2) is 16.7 Å². The van der Waals surface area contributed by atoms with E-state index in [4.69, 9.17) is 5.73 Å². The van der Waals surface area contributed by atoms with Gasteiger partial charge in [0, 0.05) is 6.07 Å². The second kappa shape index (κ2) is 4.71. The maximum atomic E-state index is 11.2. The molecule has 0 aliphatic rings. The number of esters is 1. The van der Waals surface area contributed by atoms with E-state index in [1.54, 1.807) is 6.07 Å². The monoisotopic (exact) mass is 258 g/mol. The second-order valence-electron chi connectivity index (χ2n) is 2.35. The Morgan fingerprint density at radius 2 is 2.50 bits per heavy atom. The van der Waals surface area contributed by atoms with E-state index >= 15 is 0 Å². The summed E-state index contributed by atoms with van der Waals surface area (Å²) in [5.74, 6) is 0.0513. The molecule has 1 aromatic heterocycles. The fraction of sp³-hybridized carbons (Fsp3) is 0.125. The topological polar surface area (TPSA) is 79.2 Å². The summed E-state index contributed by atoms with van der Waals surface area (Å²) in [5, 5.41) is 0. The van der Waals surface area contributed by atoms with Crippen molar-refractivity contribution in [3.63, 3.8) is 0 Å². The van der Waals surface area contributed by atoms with Crippen LogP contribution in [0.5, 0.6) is 0 Å². The van der Waals surface area contributed by atoms with Crippen LogP contribution in [0.4, 0.5) is 5.82 Å². The lowest BCUT2D eigenvalue weighted by atomic mass is 10.2. The van der Waals surface area contributed by atoms with Crippen molar-refractivity contribution < 1.29 is 14.5 Å². The van der Waals surface area contributed by atoms with Crippen molar-refractivity contribution in [2.75, 3.05) is 7.11 Å². The van der Waals surface area contributed by atoms with Gasteiger partial charge in [-0.3, -0.25) is 4.99 Å². The predicted octanol–water partition coefficient (Wildman–Crippen LogP) is -0.670. The SMILES string of the molecule is COC(=O)c1cc([NH+]=CN)ncc1Br. The number of nitrogens with two attached hydrogens (primary N) is 1. The Bertz CT molecular complexity index is 379. The molecule has 0 unspecified atom stereocenters. The summed E-state index contributed by atoms with van der Waals surface area (Å²) in [6.45, 7) is 0. The van der Waals surface area contributed by atoms with Gasteiger partial charge in [0.05, 0.1) is 17.1 Å². The number of nitrogens with one attached hydrogen (secondary N) is 1. The Hall–Kier alpha value is -1.43. The molecular formula is C8H9BrN3O2+. The third-order valence-corrected chi connectivity index (χ3v) is 2.12. The van der Waals surface area contributed by atoms with Crippen molar-refractivity contribution in [3.8, 4) is 0 Å². The van der Waals surface area contributed by atoms with Gasteiger partial charge in [0.2, 0.25) is 0 Å². The Kier molecular flexibility index (Phi) is 3.58. The summed E-state index contributed by atoms with van der Waals surface area (Å²) < 4.78 is 5.16. The zero-order chi connectivity index (χ0) is 10.6. The number of aromatic nitrogens is 1. The zero-order valence-electron chi connectivity index (χ0n) is 7.45. The van der Waals surface area contributed by atoms with Crippen molar-refractivity contribution in [2.24, 2.45) is 5.73 Å². The van der Waals surface area contributed by atoms with Crippen molar-refractivity contribution in [1.29, 1.82) is 0 Å². The van der Waals surface area contributed by atoms with Crippen molar-refractivity contribution in [1.82, 2.24) is 4.98 Å². The number of carbonyl (C=O) groups is 1. The summed E-state index contributed by atoms with van der Waals surface area (Å²) in [6, 6.07) is 1.54. The number of nitrogens with zero attached hydrogens (tertiary/aromatic N) is 1. The molecule has 3 N–H and O–H groups in total. The Balaban J connectivity index is 3.14. The standard InChI is InChI=1S/C8H8BrN3O2/c1-14-8(13)5-2-7(12-4-10)11-3-6(5)9/h2-4H,1H3,(H2,10,11,12)/p+1. The van der Waals surface area contributed by atoms with Gasteiger partial charge in [0.15, 0.2) is 6.34 Å². The van der Waals surface area contributed by atoms with Gasteiger partial charge in [-0.2, -0.15) is 0 Å². The molecule has 0 amide bonds.